The van der Waals surface area contributed by atoms with E-state index in [0.29, 0.717) is 5.47 Å². The van der Waals surface area contributed by atoms with Gasteiger partial charge in [0, 0.05) is 6.42 Å². The highest BCUT2D eigenvalue weighted by Crippen LogP contribution is 2.19. The number of carbonyl (C=O) groups excluding carboxylic acids is 1. The third kappa shape index (κ3) is 4.31. The summed E-state index contributed by atoms with van der Waals surface area (Å²) >= 11 is 0. The summed E-state index contributed by atoms with van der Waals surface area (Å²) in [4.78, 5) is 14.6. The molecule has 0 saturated carbocycles. The third-order valence-electron chi connectivity index (χ3n) is 1.75. The standard InChI is InChI=1S/C9H13BF3NO/c1-4-7(15)8(5(2)10)14-6(3)9(11,12)13/h4,10H2,1-3H3/b8-5+,14-6+. The lowest BCUT2D eigenvalue weighted by atomic mass is 9.93. The molecule has 84 valence electrons. The molecule has 0 amide bonds. The largest absolute Gasteiger partial charge is 0.429 e. The van der Waals surface area contributed by atoms with E-state index in [1.807, 2.05) is 0 Å². The van der Waals surface area contributed by atoms with Gasteiger partial charge in [0.2, 0.25) is 0 Å². The van der Waals surface area contributed by atoms with E-state index in [4.69, 9.17) is 0 Å². The second kappa shape index (κ2) is 5.14. The van der Waals surface area contributed by atoms with Gasteiger partial charge in [-0.1, -0.05) is 19.3 Å². The fraction of sp³-hybridized carbons (Fsp3) is 0.556. The maximum atomic E-state index is 12.2. The van der Waals surface area contributed by atoms with Gasteiger partial charge in [0.1, 0.15) is 13.6 Å². The molecule has 0 spiro atoms. The molecule has 0 bridgehead atoms. The van der Waals surface area contributed by atoms with Crippen LogP contribution in [-0.4, -0.2) is 25.5 Å². The van der Waals surface area contributed by atoms with E-state index in [2.05, 4.69) is 4.99 Å². The van der Waals surface area contributed by atoms with Crippen molar-refractivity contribution in [3.8, 4) is 0 Å². The van der Waals surface area contributed by atoms with Crippen molar-refractivity contribution < 1.29 is 18.0 Å². The van der Waals surface area contributed by atoms with Gasteiger partial charge < -0.3 is 0 Å². The van der Waals surface area contributed by atoms with Gasteiger partial charge in [-0.15, -0.1) is 0 Å². The van der Waals surface area contributed by atoms with Crippen molar-refractivity contribution in [1.82, 2.24) is 0 Å². The van der Waals surface area contributed by atoms with Crippen LogP contribution < -0.4 is 0 Å². The molecule has 0 radical (unpaired) electrons. The topological polar surface area (TPSA) is 29.4 Å². The minimum absolute atomic E-state index is 0.0904. The zero-order valence-corrected chi connectivity index (χ0v) is 9.20. The highest BCUT2D eigenvalue weighted by atomic mass is 19.4. The summed E-state index contributed by atoms with van der Waals surface area (Å²) in [7, 11) is 1.57. The van der Waals surface area contributed by atoms with E-state index in [9.17, 15) is 18.0 Å². The SMILES string of the molecule is B/C(C)=C(/N=C(\C)C(F)(F)F)C(=O)CC. The fourth-order valence-corrected chi connectivity index (χ4v) is 0.852. The Morgan fingerprint density at radius 3 is 2.07 bits per heavy atom. The Labute approximate surface area is 87.7 Å². The minimum atomic E-state index is -4.48. The second-order valence-electron chi connectivity index (χ2n) is 3.32. The van der Waals surface area contributed by atoms with E-state index >= 15 is 0 Å². The number of alkyl halides is 3. The van der Waals surface area contributed by atoms with Crippen LogP contribution in [0.5, 0.6) is 0 Å². The number of carbonyl (C=O) groups is 1. The van der Waals surface area contributed by atoms with Crippen LogP contribution in [0.15, 0.2) is 16.2 Å². The fourth-order valence-electron chi connectivity index (χ4n) is 0.852. The molecule has 0 aromatic heterocycles. The summed E-state index contributed by atoms with van der Waals surface area (Å²) in [6, 6.07) is 0. The molecule has 0 atom stereocenters. The maximum Gasteiger partial charge on any atom is 0.429 e. The Morgan fingerprint density at radius 1 is 1.33 bits per heavy atom. The zero-order chi connectivity index (χ0) is 12.2. The van der Waals surface area contributed by atoms with Crippen LogP contribution in [0.3, 0.4) is 0 Å². The van der Waals surface area contributed by atoms with Gasteiger partial charge in [0.25, 0.3) is 0 Å². The van der Waals surface area contributed by atoms with Crippen molar-refractivity contribution in [2.45, 2.75) is 33.4 Å². The molecule has 0 aliphatic heterocycles. The number of allylic oxidation sites excluding steroid dienone is 2. The molecule has 15 heavy (non-hydrogen) atoms. The predicted molar refractivity (Wildman–Crippen MR) is 55.7 cm³/mol. The van der Waals surface area contributed by atoms with Gasteiger partial charge >= 0.3 is 6.18 Å². The van der Waals surface area contributed by atoms with E-state index in [0.717, 1.165) is 6.92 Å². The number of hydrogen-bond acceptors (Lipinski definition) is 2. The van der Waals surface area contributed by atoms with E-state index in [-0.39, 0.29) is 17.9 Å². The van der Waals surface area contributed by atoms with Crippen molar-refractivity contribution in [3.63, 3.8) is 0 Å². The third-order valence-corrected chi connectivity index (χ3v) is 1.75. The van der Waals surface area contributed by atoms with Crippen molar-refractivity contribution in [3.05, 3.63) is 11.2 Å². The molecule has 0 aromatic rings. The summed E-state index contributed by atoms with van der Waals surface area (Å²) in [6.45, 7) is 4.01. The smallest absolute Gasteiger partial charge is 0.293 e. The van der Waals surface area contributed by atoms with Crippen LogP contribution >= 0.6 is 0 Å². The van der Waals surface area contributed by atoms with Gasteiger partial charge in [-0.05, 0) is 6.92 Å². The number of rotatable bonds is 3. The quantitative estimate of drug-likeness (QED) is 0.404. The van der Waals surface area contributed by atoms with Crippen molar-refractivity contribution in [1.29, 1.82) is 0 Å². The molecule has 0 fully saturated rings. The number of hydrogen-bond donors (Lipinski definition) is 0. The Hall–Kier alpha value is -1.07. The Kier molecular flexibility index (Phi) is 4.77. The van der Waals surface area contributed by atoms with Crippen LogP contribution in [0.1, 0.15) is 27.2 Å². The van der Waals surface area contributed by atoms with Gasteiger partial charge in [-0.25, -0.2) is 4.99 Å². The van der Waals surface area contributed by atoms with Crippen molar-refractivity contribution >= 4 is 19.3 Å². The number of nitrogens with zero attached hydrogens (tertiary/aromatic N) is 1. The molecule has 0 N–H and O–H groups in total. The predicted octanol–water partition coefficient (Wildman–Crippen LogP) is 1.85. The monoisotopic (exact) mass is 219 g/mol. The van der Waals surface area contributed by atoms with E-state index in [1.54, 1.807) is 21.7 Å². The van der Waals surface area contributed by atoms with Gasteiger partial charge in [0.05, 0.1) is 5.70 Å². The number of halogens is 3. The molecule has 0 rings (SSSR count). The molecular formula is C9H13BF3NO. The maximum absolute atomic E-state index is 12.2. The van der Waals surface area contributed by atoms with Crippen molar-refractivity contribution in [2.24, 2.45) is 4.99 Å². The second-order valence-corrected chi connectivity index (χ2v) is 3.32. The average Bonchev–Trinajstić information content (AvgIpc) is 2.10. The van der Waals surface area contributed by atoms with Crippen LogP contribution in [-0.2, 0) is 4.79 Å². The number of Topliss-reactive ketones (excluding diaryl/α,β-unsaturated/α-hetero) is 1. The zero-order valence-electron chi connectivity index (χ0n) is 9.20. The summed E-state index contributed by atoms with van der Waals surface area (Å²) in [6.07, 6.45) is -4.33. The molecular weight excluding hydrogens is 206 g/mol. The lowest BCUT2D eigenvalue weighted by Crippen LogP contribution is -2.20. The van der Waals surface area contributed by atoms with Crippen LogP contribution in [0, 0.1) is 0 Å². The Bertz CT molecular complexity index is 314. The Balaban J connectivity index is 5.20. The number of aliphatic imine (C=N–C) groups is 1. The average molecular weight is 219 g/mol. The molecule has 6 heteroatoms. The van der Waals surface area contributed by atoms with E-state index < -0.39 is 11.9 Å². The van der Waals surface area contributed by atoms with Gasteiger partial charge in [-0.3, -0.25) is 4.79 Å². The molecule has 2 nitrogen and oxygen atoms in total. The highest BCUT2D eigenvalue weighted by Gasteiger charge is 2.32. The lowest BCUT2D eigenvalue weighted by Gasteiger charge is -2.07. The molecule has 0 saturated heterocycles. The highest BCUT2D eigenvalue weighted by molar-refractivity contribution is 6.24. The molecule has 0 heterocycles. The summed E-state index contributed by atoms with van der Waals surface area (Å²) < 4.78 is 36.5. The van der Waals surface area contributed by atoms with Crippen LogP contribution in [0.2, 0.25) is 0 Å². The van der Waals surface area contributed by atoms with Crippen LogP contribution in [0.25, 0.3) is 0 Å². The first-order chi connectivity index (χ1) is 6.70. The minimum Gasteiger partial charge on any atom is -0.293 e. The van der Waals surface area contributed by atoms with Crippen LogP contribution in [0.4, 0.5) is 13.2 Å². The lowest BCUT2D eigenvalue weighted by molar-refractivity contribution is -0.115. The normalized spacial score (nSPS) is 14.9. The number of ketones is 1. The van der Waals surface area contributed by atoms with Gasteiger partial charge in [-0.2, -0.15) is 13.2 Å². The van der Waals surface area contributed by atoms with Gasteiger partial charge in [0.15, 0.2) is 5.78 Å². The molecule has 0 aliphatic carbocycles. The first-order valence-electron chi connectivity index (χ1n) is 4.53. The van der Waals surface area contributed by atoms with E-state index in [1.165, 1.54) is 0 Å². The Morgan fingerprint density at radius 2 is 1.80 bits per heavy atom. The first-order valence-corrected chi connectivity index (χ1v) is 4.53. The molecule has 0 aliphatic rings. The molecule has 0 aromatic carbocycles. The van der Waals surface area contributed by atoms with Crippen molar-refractivity contribution in [2.75, 3.05) is 0 Å². The first kappa shape index (κ1) is 13.9. The summed E-state index contributed by atoms with van der Waals surface area (Å²) in [5, 5.41) is 0. The summed E-state index contributed by atoms with van der Waals surface area (Å²) in [5.41, 5.74) is -0.599. The summed E-state index contributed by atoms with van der Waals surface area (Å²) in [5.74, 6) is -0.376. The molecule has 0 unspecified atom stereocenters.